The molecule has 1 saturated heterocycles. The Morgan fingerprint density at radius 3 is 2.20 bits per heavy atom. The first kappa shape index (κ1) is 18.8. The summed E-state index contributed by atoms with van der Waals surface area (Å²) < 4.78 is 51.8. The maximum atomic E-state index is 13.8. The fraction of sp³-hybridized carbons (Fsp3) is 0.533. The highest BCUT2D eigenvalue weighted by Crippen LogP contribution is 2.64. The van der Waals surface area contributed by atoms with Gasteiger partial charge >= 0.3 is 0 Å². The van der Waals surface area contributed by atoms with Crippen molar-refractivity contribution in [1.29, 1.82) is 0 Å². The lowest BCUT2D eigenvalue weighted by Gasteiger charge is -2.35. The number of hydrogen-bond donors (Lipinski definition) is 0. The number of nitrogens with zero attached hydrogens (tertiary/aromatic N) is 2. The molecule has 1 atom stereocenters. The Morgan fingerprint density at radius 1 is 1.16 bits per heavy atom. The van der Waals surface area contributed by atoms with Crippen LogP contribution in [0, 0.1) is 17.0 Å². The van der Waals surface area contributed by atoms with Crippen molar-refractivity contribution in [3.05, 3.63) is 29.8 Å². The molecule has 1 saturated carbocycles. The number of benzene rings is 1. The lowest BCUT2D eigenvalue weighted by atomic mass is 10.1. The van der Waals surface area contributed by atoms with Crippen LogP contribution in [-0.2, 0) is 14.8 Å². The molecule has 1 aliphatic carbocycles. The van der Waals surface area contributed by atoms with Gasteiger partial charge in [-0.25, -0.2) is 17.2 Å². The Labute approximate surface area is 154 Å². The number of halogens is 4. The summed E-state index contributed by atoms with van der Waals surface area (Å²) in [6, 6.07) is 2.32. The molecule has 1 aliphatic heterocycles. The highest BCUT2D eigenvalue weighted by atomic mass is 35.5. The highest BCUT2D eigenvalue weighted by Gasteiger charge is 2.68. The molecule has 1 heterocycles. The predicted octanol–water partition coefficient (Wildman–Crippen LogP) is 2.38. The molecule has 0 spiro atoms. The van der Waals surface area contributed by atoms with E-state index in [0.29, 0.717) is 12.5 Å². The van der Waals surface area contributed by atoms with Crippen LogP contribution in [-0.4, -0.2) is 54.0 Å². The molecule has 2 aliphatic rings. The van der Waals surface area contributed by atoms with Crippen LogP contribution in [0.2, 0.25) is 0 Å². The average molecular weight is 413 g/mol. The minimum atomic E-state index is -4.10. The van der Waals surface area contributed by atoms with E-state index < -0.39 is 36.3 Å². The Balaban J connectivity index is 1.71. The predicted molar refractivity (Wildman–Crippen MR) is 88.9 cm³/mol. The van der Waals surface area contributed by atoms with Gasteiger partial charge in [0.25, 0.3) is 0 Å². The van der Waals surface area contributed by atoms with Gasteiger partial charge in [-0.3, -0.25) is 4.79 Å². The second-order valence-electron chi connectivity index (χ2n) is 6.48. The van der Waals surface area contributed by atoms with Crippen molar-refractivity contribution >= 4 is 39.1 Å². The number of piperazine rings is 1. The molecule has 3 rings (SSSR count). The molecule has 0 radical (unpaired) electrons. The largest absolute Gasteiger partial charge is 0.339 e. The zero-order valence-corrected chi connectivity index (χ0v) is 15.6. The summed E-state index contributed by atoms with van der Waals surface area (Å²) in [6.07, 6.45) is 0.348. The molecule has 1 amide bonds. The Morgan fingerprint density at radius 2 is 1.72 bits per heavy atom. The number of carbonyl (C=O) groups excluding carboxylic acids is 1. The van der Waals surface area contributed by atoms with E-state index in [9.17, 15) is 22.0 Å². The standard InChI is InChI=1S/C15H16Cl2F2N2O3S/c1-14(9-15(14,16)17)13(22)20-4-6-21(7-5-20)25(23,24)12-3-2-10(18)8-11(12)19/h2-3,8H,4-7,9H2,1H3. The molecule has 2 fully saturated rings. The molecule has 10 heteroatoms. The summed E-state index contributed by atoms with van der Waals surface area (Å²) in [5, 5.41) is 0. The van der Waals surface area contributed by atoms with E-state index in [2.05, 4.69) is 0 Å². The molecule has 0 aromatic heterocycles. The summed E-state index contributed by atoms with van der Waals surface area (Å²) in [5.41, 5.74) is -0.861. The summed E-state index contributed by atoms with van der Waals surface area (Å²) in [7, 11) is -4.10. The normalized spacial score (nSPS) is 26.5. The van der Waals surface area contributed by atoms with Crippen molar-refractivity contribution < 1.29 is 22.0 Å². The van der Waals surface area contributed by atoms with Crippen molar-refractivity contribution in [1.82, 2.24) is 9.21 Å². The van der Waals surface area contributed by atoms with Gasteiger partial charge in [0.15, 0.2) is 0 Å². The van der Waals surface area contributed by atoms with Gasteiger partial charge in [-0.05, 0) is 25.5 Å². The second-order valence-corrected chi connectivity index (χ2v) is 9.87. The Hall–Kier alpha value is -0.960. The maximum absolute atomic E-state index is 13.8. The topological polar surface area (TPSA) is 57.7 Å². The van der Waals surface area contributed by atoms with Crippen LogP contribution in [0.25, 0.3) is 0 Å². The molecular formula is C15H16Cl2F2N2O3S. The van der Waals surface area contributed by atoms with E-state index in [0.717, 1.165) is 16.4 Å². The van der Waals surface area contributed by atoms with Crippen molar-refractivity contribution in [3.8, 4) is 0 Å². The van der Waals surface area contributed by atoms with E-state index in [-0.39, 0.29) is 32.1 Å². The number of hydrogen-bond acceptors (Lipinski definition) is 3. The SMILES string of the molecule is CC1(C(=O)N2CCN(S(=O)(=O)c3ccc(F)cc3F)CC2)CC1(Cl)Cl. The second kappa shape index (κ2) is 6.04. The van der Waals surface area contributed by atoms with Crippen LogP contribution in [0.5, 0.6) is 0 Å². The van der Waals surface area contributed by atoms with Gasteiger partial charge in [-0.15, -0.1) is 23.2 Å². The van der Waals surface area contributed by atoms with Crippen molar-refractivity contribution in [2.24, 2.45) is 5.41 Å². The van der Waals surface area contributed by atoms with Crippen molar-refractivity contribution in [2.75, 3.05) is 26.2 Å². The van der Waals surface area contributed by atoms with Gasteiger partial charge in [-0.2, -0.15) is 4.31 Å². The zero-order valence-electron chi connectivity index (χ0n) is 13.3. The third kappa shape index (κ3) is 3.13. The van der Waals surface area contributed by atoms with Crippen molar-refractivity contribution in [2.45, 2.75) is 22.6 Å². The van der Waals surface area contributed by atoms with Crippen LogP contribution in [0.4, 0.5) is 8.78 Å². The highest BCUT2D eigenvalue weighted by molar-refractivity contribution is 7.89. The minimum Gasteiger partial charge on any atom is -0.339 e. The molecule has 5 nitrogen and oxygen atoms in total. The fourth-order valence-electron chi connectivity index (χ4n) is 2.94. The third-order valence-corrected chi connectivity index (χ3v) is 7.80. The first-order valence-electron chi connectivity index (χ1n) is 7.61. The monoisotopic (exact) mass is 412 g/mol. The summed E-state index contributed by atoms with van der Waals surface area (Å²) >= 11 is 12.0. The van der Waals surface area contributed by atoms with Crippen LogP contribution in [0.3, 0.4) is 0 Å². The molecule has 138 valence electrons. The van der Waals surface area contributed by atoms with E-state index >= 15 is 0 Å². The number of rotatable bonds is 3. The van der Waals surface area contributed by atoms with E-state index in [1.54, 1.807) is 6.92 Å². The molecule has 1 aromatic carbocycles. The first-order valence-corrected chi connectivity index (χ1v) is 9.81. The maximum Gasteiger partial charge on any atom is 0.246 e. The van der Waals surface area contributed by atoms with Gasteiger partial charge < -0.3 is 4.90 Å². The number of alkyl halides is 2. The van der Waals surface area contributed by atoms with Crippen LogP contribution in [0.1, 0.15) is 13.3 Å². The molecule has 0 N–H and O–H groups in total. The fourth-order valence-corrected chi connectivity index (χ4v) is 5.10. The molecule has 25 heavy (non-hydrogen) atoms. The van der Waals surface area contributed by atoms with E-state index in [1.165, 1.54) is 4.90 Å². The van der Waals surface area contributed by atoms with E-state index in [1.807, 2.05) is 0 Å². The van der Waals surface area contributed by atoms with Crippen LogP contribution in [0.15, 0.2) is 23.1 Å². The van der Waals surface area contributed by atoms with Crippen LogP contribution >= 0.6 is 23.2 Å². The van der Waals surface area contributed by atoms with Gasteiger partial charge in [0.2, 0.25) is 15.9 Å². The zero-order chi connectivity index (χ0) is 18.6. The Kier molecular flexibility index (Phi) is 4.55. The molecular weight excluding hydrogens is 397 g/mol. The first-order chi connectivity index (χ1) is 11.5. The summed E-state index contributed by atoms with van der Waals surface area (Å²) in [4.78, 5) is 13.4. The van der Waals surface area contributed by atoms with Gasteiger partial charge in [0, 0.05) is 32.2 Å². The lowest BCUT2D eigenvalue weighted by Crippen LogP contribution is -2.52. The smallest absolute Gasteiger partial charge is 0.246 e. The van der Waals surface area contributed by atoms with E-state index in [4.69, 9.17) is 23.2 Å². The third-order valence-electron chi connectivity index (χ3n) is 4.77. The van der Waals surface area contributed by atoms with Crippen LogP contribution < -0.4 is 0 Å². The quantitative estimate of drug-likeness (QED) is 0.716. The minimum absolute atomic E-state index is 0.0124. The van der Waals surface area contributed by atoms with Crippen molar-refractivity contribution in [3.63, 3.8) is 0 Å². The number of carbonyl (C=O) groups is 1. The lowest BCUT2D eigenvalue weighted by molar-refractivity contribution is -0.137. The number of sulfonamides is 1. The average Bonchev–Trinajstić information content (AvgIpc) is 3.06. The number of amides is 1. The van der Waals surface area contributed by atoms with Gasteiger partial charge in [0.05, 0.1) is 5.41 Å². The molecule has 1 aromatic rings. The Bertz CT molecular complexity index is 826. The summed E-state index contributed by atoms with van der Waals surface area (Å²) in [6.45, 7) is 2.00. The molecule has 1 unspecified atom stereocenters. The van der Waals surface area contributed by atoms with Gasteiger partial charge in [-0.1, -0.05) is 0 Å². The molecule has 0 bridgehead atoms. The van der Waals surface area contributed by atoms with Gasteiger partial charge in [0.1, 0.15) is 20.9 Å². The summed E-state index contributed by atoms with van der Waals surface area (Å²) in [5.74, 6) is -2.21.